The Morgan fingerprint density at radius 2 is 2.41 bits per heavy atom. The molecule has 5 heteroatoms. The quantitative estimate of drug-likeness (QED) is 0.706. The number of phenolic OH excluding ortho intramolecular Hbond substituents is 1. The van der Waals surface area contributed by atoms with Crippen molar-refractivity contribution in [2.24, 2.45) is 0 Å². The lowest BCUT2D eigenvalue weighted by atomic mass is 10.2. The van der Waals surface area contributed by atoms with Crippen LogP contribution in [0.1, 0.15) is 12.0 Å². The van der Waals surface area contributed by atoms with E-state index in [1.807, 2.05) is 6.07 Å². The fraction of sp³-hybridized carbons (Fsp3) is 0.417. The van der Waals surface area contributed by atoms with E-state index in [2.05, 4.69) is 10.6 Å². The summed E-state index contributed by atoms with van der Waals surface area (Å²) in [5.41, 5.74) is 1.01. The van der Waals surface area contributed by atoms with Crippen molar-refractivity contribution in [3.8, 4) is 11.5 Å². The summed E-state index contributed by atoms with van der Waals surface area (Å²) in [4.78, 5) is 11.0. The van der Waals surface area contributed by atoms with Gasteiger partial charge in [-0.15, -0.1) is 0 Å². The van der Waals surface area contributed by atoms with Crippen LogP contribution in [-0.2, 0) is 11.3 Å². The summed E-state index contributed by atoms with van der Waals surface area (Å²) in [6.45, 7) is 1.32. The van der Waals surface area contributed by atoms with E-state index in [1.54, 1.807) is 12.1 Å². The minimum absolute atomic E-state index is 0.0887. The van der Waals surface area contributed by atoms with E-state index in [1.165, 1.54) is 7.11 Å². The van der Waals surface area contributed by atoms with Crippen molar-refractivity contribution in [1.82, 2.24) is 10.6 Å². The lowest BCUT2D eigenvalue weighted by Gasteiger charge is -2.11. The summed E-state index contributed by atoms with van der Waals surface area (Å²) in [6.07, 6.45) is 0.523. The molecule has 0 spiro atoms. The molecule has 0 bridgehead atoms. The zero-order chi connectivity index (χ0) is 12.3. The number of carbonyl (C=O) groups excluding carboxylic acids is 1. The molecule has 5 nitrogen and oxygen atoms in total. The first-order valence-corrected chi connectivity index (χ1v) is 5.55. The number of methoxy groups -OCH3 is 1. The molecule has 1 heterocycles. The number of phenols is 1. The number of aromatic hydroxyl groups is 1. The molecule has 17 heavy (non-hydrogen) atoms. The van der Waals surface area contributed by atoms with E-state index in [0.717, 1.165) is 5.56 Å². The van der Waals surface area contributed by atoms with E-state index in [4.69, 9.17) is 4.74 Å². The van der Waals surface area contributed by atoms with Crippen molar-refractivity contribution in [2.45, 2.75) is 19.0 Å². The predicted octanol–water partition coefficient (Wildman–Crippen LogP) is 0.379. The summed E-state index contributed by atoms with van der Waals surface area (Å²) in [5.74, 6) is 0.685. The molecule has 1 aliphatic rings. The Morgan fingerprint density at radius 3 is 3.06 bits per heavy atom. The Hall–Kier alpha value is -1.75. The maximum absolute atomic E-state index is 11.0. The highest BCUT2D eigenvalue weighted by Crippen LogP contribution is 2.26. The maximum atomic E-state index is 11.0. The number of carbonyl (C=O) groups is 1. The first kappa shape index (κ1) is 11.7. The largest absolute Gasteiger partial charge is 0.504 e. The van der Waals surface area contributed by atoms with Crippen molar-refractivity contribution < 1.29 is 14.6 Å². The second-order valence-electron chi connectivity index (χ2n) is 4.09. The van der Waals surface area contributed by atoms with Crippen LogP contribution >= 0.6 is 0 Å². The first-order valence-electron chi connectivity index (χ1n) is 5.55. The monoisotopic (exact) mass is 236 g/mol. The van der Waals surface area contributed by atoms with Crippen LogP contribution in [0.15, 0.2) is 18.2 Å². The van der Waals surface area contributed by atoms with Crippen molar-refractivity contribution in [1.29, 1.82) is 0 Å². The van der Waals surface area contributed by atoms with Gasteiger partial charge in [0.25, 0.3) is 0 Å². The summed E-state index contributed by atoms with van der Waals surface area (Å²) in [5, 5.41) is 15.5. The normalized spacial score (nSPS) is 19.1. The van der Waals surface area contributed by atoms with E-state index >= 15 is 0 Å². The molecule has 1 atom stereocenters. The Labute approximate surface area is 99.8 Å². The van der Waals surface area contributed by atoms with Gasteiger partial charge in [0.1, 0.15) is 0 Å². The number of hydrogen-bond acceptors (Lipinski definition) is 4. The van der Waals surface area contributed by atoms with E-state index in [9.17, 15) is 9.90 Å². The lowest BCUT2D eigenvalue weighted by Crippen LogP contribution is -2.30. The molecule has 0 aliphatic carbocycles. The van der Waals surface area contributed by atoms with Gasteiger partial charge in [-0.1, -0.05) is 6.07 Å². The molecule has 1 unspecified atom stereocenters. The highest BCUT2D eigenvalue weighted by molar-refractivity contribution is 5.78. The zero-order valence-electron chi connectivity index (χ0n) is 9.69. The van der Waals surface area contributed by atoms with Crippen molar-refractivity contribution in [2.75, 3.05) is 13.7 Å². The van der Waals surface area contributed by atoms with Gasteiger partial charge in [0.15, 0.2) is 11.5 Å². The Morgan fingerprint density at radius 1 is 1.59 bits per heavy atom. The van der Waals surface area contributed by atoms with Crippen LogP contribution in [-0.4, -0.2) is 30.7 Å². The van der Waals surface area contributed by atoms with Crippen LogP contribution in [0, 0.1) is 0 Å². The number of benzene rings is 1. The Bertz CT molecular complexity index is 420. The number of nitrogens with one attached hydrogen (secondary N) is 2. The zero-order valence-corrected chi connectivity index (χ0v) is 9.69. The molecular formula is C12H16N2O3. The number of ether oxygens (including phenoxy) is 1. The summed E-state index contributed by atoms with van der Waals surface area (Å²) in [7, 11) is 1.52. The first-order chi connectivity index (χ1) is 8.19. The van der Waals surface area contributed by atoms with Crippen LogP contribution in [0.2, 0.25) is 0 Å². The molecule has 1 fully saturated rings. The average molecular weight is 236 g/mol. The summed E-state index contributed by atoms with van der Waals surface area (Å²) in [6, 6.07) is 5.40. The standard InChI is InChI=1S/C12H16N2O3/c1-17-11-4-8(2-3-10(11)15)6-13-9-5-12(16)14-7-9/h2-4,9,13,15H,5-7H2,1H3,(H,14,16). The fourth-order valence-electron chi connectivity index (χ4n) is 1.84. The maximum Gasteiger partial charge on any atom is 0.221 e. The summed E-state index contributed by atoms with van der Waals surface area (Å²) < 4.78 is 5.03. The number of hydrogen-bond donors (Lipinski definition) is 3. The minimum Gasteiger partial charge on any atom is -0.504 e. The van der Waals surface area contributed by atoms with Crippen LogP contribution in [0.4, 0.5) is 0 Å². The van der Waals surface area contributed by atoms with Crippen LogP contribution in [0.25, 0.3) is 0 Å². The third kappa shape index (κ3) is 2.88. The van der Waals surface area contributed by atoms with Gasteiger partial charge in [0, 0.05) is 25.6 Å². The molecule has 0 saturated carbocycles. The lowest BCUT2D eigenvalue weighted by molar-refractivity contribution is -0.119. The second kappa shape index (κ2) is 5.05. The van der Waals surface area contributed by atoms with Crippen molar-refractivity contribution >= 4 is 5.91 Å². The molecule has 1 aliphatic heterocycles. The molecule has 1 saturated heterocycles. The third-order valence-electron chi connectivity index (χ3n) is 2.82. The molecule has 2 rings (SSSR count). The van der Waals surface area contributed by atoms with Gasteiger partial charge in [-0.25, -0.2) is 0 Å². The fourth-order valence-corrected chi connectivity index (χ4v) is 1.84. The van der Waals surface area contributed by atoms with E-state index in [-0.39, 0.29) is 17.7 Å². The van der Waals surface area contributed by atoms with Crippen LogP contribution < -0.4 is 15.4 Å². The SMILES string of the molecule is COc1cc(CNC2CNC(=O)C2)ccc1O. The average Bonchev–Trinajstić information content (AvgIpc) is 2.74. The molecule has 1 aromatic carbocycles. The topological polar surface area (TPSA) is 70.6 Å². The molecule has 3 N–H and O–H groups in total. The molecule has 1 amide bonds. The highest BCUT2D eigenvalue weighted by atomic mass is 16.5. The van der Waals surface area contributed by atoms with Crippen LogP contribution in [0.3, 0.4) is 0 Å². The second-order valence-corrected chi connectivity index (χ2v) is 4.09. The highest BCUT2D eigenvalue weighted by Gasteiger charge is 2.20. The molecule has 1 aromatic rings. The van der Waals surface area contributed by atoms with Gasteiger partial charge in [0.05, 0.1) is 7.11 Å². The minimum atomic E-state index is 0.0887. The number of rotatable bonds is 4. The molecule has 0 aromatic heterocycles. The molecule has 92 valence electrons. The summed E-state index contributed by atoms with van der Waals surface area (Å²) >= 11 is 0. The Kier molecular flexibility index (Phi) is 3.49. The van der Waals surface area contributed by atoms with Gasteiger partial charge < -0.3 is 20.5 Å². The van der Waals surface area contributed by atoms with Crippen LogP contribution in [0.5, 0.6) is 11.5 Å². The van der Waals surface area contributed by atoms with Crippen molar-refractivity contribution in [3.05, 3.63) is 23.8 Å². The van der Waals surface area contributed by atoms with Gasteiger partial charge >= 0.3 is 0 Å². The van der Waals surface area contributed by atoms with Gasteiger partial charge in [-0.3, -0.25) is 4.79 Å². The smallest absolute Gasteiger partial charge is 0.221 e. The molecular weight excluding hydrogens is 220 g/mol. The van der Waals surface area contributed by atoms with E-state index in [0.29, 0.717) is 25.3 Å². The number of amides is 1. The molecule has 0 radical (unpaired) electrons. The van der Waals surface area contributed by atoms with Gasteiger partial charge in [-0.2, -0.15) is 0 Å². The van der Waals surface area contributed by atoms with E-state index < -0.39 is 0 Å². The van der Waals surface area contributed by atoms with Gasteiger partial charge in [0.2, 0.25) is 5.91 Å². The van der Waals surface area contributed by atoms with Gasteiger partial charge in [-0.05, 0) is 17.7 Å². The predicted molar refractivity (Wildman–Crippen MR) is 62.9 cm³/mol. The Balaban J connectivity index is 1.92. The third-order valence-corrected chi connectivity index (χ3v) is 2.82. The van der Waals surface area contributed by atoms with Crippen molar-refractivity contribution in [3.63, 3.8) is 0 Å².